The fourth-order valence-electron chi connectivity index (χ4n) is 1.30. The molecule has 1 saturated heterocycles. The Kier molecular flexibility index (Phi) is 4.43. The van der Waals surface area contributed by atoms with Crippen molar-refractivity contribution in [3.63, 3.8) is 0 Å². The van der Waals surface area contributed by atoms with Crippen molar-refractivity contribution in [3.05, 3.63) is 22.8 Å². The van der Waals surface area contributed by atoms with Crippen LogP contribution in [-0.4, -0.2) is 30.2 Å². The van der Waals surface area contributed by atoms with Crippen molar-refractivity contribution >= 4 is 27.7 Å². The Labute approximate surface area is 102 Å². The molecule has 0 radical (unpaired) electrons. The molecule has 82 valence electrons. The van der Waals surface area contributed by atoms with Crippen molar-refractivity contribution in [2.75, 3.05) is 19.0 Å². The number of ether oxygens (including phenoxy) is 2. The van der Waals surface area contributed by atoms with Crippen LogP contribution in [0.1, 0.15) is 6.42 Å². The van der Waals surface area contributed by atoms with Crippen LogP contribution in [0.4, 0.5) is 0 Å². The number of hydrogen-bond acceptors (Lipinski definition) is 4. The van der Waals surface area contributed by atoms with Crippen LogP contribution in [0.15, 0.2) is 27.8 Å². The maximum absolute atomic E-state index is 5.35. The van der Waals surface area contributed by atoms with Gasteiger partial charge in [0, 0.05) is 12.2 Å². The molecule has 1 aromatic heterocycles. The molecule has 1 fully saturated rings. The largest absolute Gasteiger partial charge is 0.350 e. The normalized spacial score (nSPS) is 17.1. The minimum Gasteiger partial charge on any atom is -0.350 e. The summed E-state index contributed by atoms with van der Waals surface area (Å²) in [6.07, 6.45) is 0.906. The molecular formula is C10H12BrNO2S. The number of pyridine rings is 1. The standard InChI is InChI=1S/C10H12BrNO2S/c11-8-2-1-3-9(12-8)15-7-4-10-13-5-6-14-10/h1-3,10H,4-7H2. The molecule has 15 heavy (non-hydrogen) atoms. The summed E-state index contributed by atoms with van der Waals surface area (Å²) in [6.45, 7) is 1.45. The highest BCUT2D eigenvalue weighted by Crippen LogP contribution is 2.20. The molecule has 0 saturated carbocycles. The van der Waals surface area contributed by atoms with Crippen LogP contribution in [0.3, 0.4) is 0 Å². The predicted molar refractivity (Wildman–Crippen MR) is 63.0 cm³/mol. The number of thioether (sulfide) groups is 1. The van der Waals surface area contributed by atoms with Gasteiger partial charge in [0.25, 0.3) is 0 Å². The monoisotopic (exact) mass is 289 g/mol. The molecule has 0 spiro atoms. The molecule has 0 atom stereocenters. The highest BCUT2D eigenvalue weighted by molar-refractivity contribution is 9.10. The molecule has 3 nitrogen and oxygen atoms in total. The fourth-order valence-corrected chi connectivity index (χ4v) is 2.62. The summed E-state index contributed by atoms with van der Waals surface area (Å²) in [7, 11) is 0. The van der Waals surface area contributed by atoms with Crippen LogP contribution in [-0.2, 0) is 9.47 Å². The van der Waals surface area contributed by atoms with E-state index in [0.717, 1.165) is 35.0 Å². The number of nitrogens with zero attached hydrogens (tertiary/aromatic N) is 1. The van der Waals surface area contributed by atoms with Gasteiger partial charge in [-0.3, -0.25) is 0 Å². The number of halogens is 1. The minimum atomic E-state index is -0.00958. The Morgan fingerprint density at radius 3 is 2.93 bits per heavy atom. The van der Waals surface area contributed by atoms with E-state index in [1.54, 1.807) is 11.8 Å². The van der Waals surface area contributed by atoms with Crippen molar-refractivity contribution in [2.45, 2.75) is 17.7 Å². The van der Waals surface area contributed by atoms with Gasteiger partial charge in [-0.1, -0.05) is 6.07 Å². The lowest BCUT2D eigenvalue weighted by atomic mass is 10.5. The zero-order valence-electron chi connectivity index (χ0n) is 8.19. The summed E-state index contributed by atoms with van der Waals surface area (Å²) in [5, 5.41) is 1.03. The third kappa shape index (κ3) is 3.75. The van der Waals surface area contributed by atoms with Crippen molar-refractivity contribution < 1.29 is 9.47 Å². The maximum Gasteiger partial charge on any atom is 0.158 e. The molecule has 0 unspecified atom stereocenters. The lowest BCUT2D eigenvalue weighted by Crippen LogP contribution is -2.08. The van der Waals surface area contributed by atoms with Gasteiger partial charge in [0.2, 0.25) is 0 Å². The first-order valence-electron chi connectivity index (χ1n) is 4.83. The molecule has 2 heterocycles. The first kappa shape index (κ1) is 11.4. The van der Waals surface area contributed by atoms with Gasteiger partial charge in [-0.15, -0.1) is 11.8 Å². The summed E-state index contributed by atoms with van der Waals surface area (Å²) in [6, 6.07) is 5.92. The summed E-state index contributed by atoms with van der Waals surface area (Å²) in [5.74, 6) is 0.966. The summed E-state index contributed by atoms with van der Waals surface area (Å²) in [5.41, 5.74) is 0. The molecule has 0 aliphatic carbocycles. The maximum atomic E-state index is 5.35. The lowest BCUT2D eigenvalue weighted by molar-refractivity contribution is -0.0421. The van der Waals surface area contributed by atoms with E-state index >= 15 is 0 Å². The van der Waals surface area contributed by atoms with Crippen molar-refractivity contribution in [1.82, 2.24) is 4.98 Å². The highest BCUT2D eigenvalue weighted by Gasteiger charge is 2.15. The van der Waals surface area contributed by atoms with Crippen molar-refractivity contribution in [3.8, 4) is 0 Å². The molecule has 0 N–H and O–H groups in total. The van der Waals surface area contributed by atoms with Gasteiger partial charge < -0.3 is 9.47 Å². The van der Waals surface area contributed by atoms with Crippen LogP contribution in [0.25, 0.3) is 0 Å². The quantitative estimate of drug-likeness (QED) is 0.630. The first-order valence-corrected chi connectivity index (χ1v) is 6.61. The van der Waals surface area contributed by atoms with Gasteiger partial charge in [-0.25, -0.2) is 4.98 Å². The van der Waals surface area contributed by atoms with Crippen LogP contribution in [0.2, 0.25) is 0 Å². The Balaban J connectivity index is 1.73. The Morgan fingerprint density at radius 1 is 1.40 bits per heavy atom. The van der Waals surface area contributed by atoms with Gasteiger partial charge in [0.05, 0.1) is 18.2 Å². The van der Waals surface area contributed by atoms with Crippen molar-refractivity contribution in [2.24, 2.45) is 0 Å². The molecule has 1 aliphatic rings. The van der Waals surface area contributed by atoms with Crippen LogP contribution in [0.5, 0.6) is 0 Å². The molecule has 0 amide bonds. The van der Waals surface area contributed by atoms with Gasteiger partial charge in [-0.2, -0.15) is 0 Å². The average molecular weight is 290 g/mol. The third-order valence-corrected chi connectivity index (χ3v) is 3.39. The van der Waals surface area contributed by atoms with E-state index in [4.69, 9.17) is 9.47 Å². The SMILES string of the molecule is Brc1cccc(SCCC2OCCO2)n1. The molecule has 1 aromatic rings. The van der Waals surface area contributed by atoms with Gasteiger partial charge in [0.15, 0.2) is 6.29 Å². The zero-order valence-corrected chi connectivity index (χ0v) is 10.6. The summed E-state index contributed by atoms with van der Waals surface area (Å²) >= 11 is 5.07. The number of aromatic nitrogens is 1. The number of rotatable bonds is 4. The van der Waals surface area contributed by atoms with Gasteiger partial charge in [0.1, 0.15) is 4.60 Å². The average Bonchev–Trinajstić information content (AvgIpc) is 2.71. The molecule has 0 aromatic carbocycles. The van der Waals surface area contributed by atoms with Crippen LogP contribution >= 0.6 is 27.7 Å². The van der Waals surface area contributed by atoms with Gasteiger partial charge in [-0.05, 0) is 28.1 Å². The highest BCUT2D eigenvalue weighted by atomic mass is 79.9. The van der Waals surface area contributed by atoms with E-state index in [9.17, 15) is 0 Å². The van der Waals surface area contributed by atoms with Crippen molar-refractivity contribution in [1.29, 1.82) is 0 Å². The second kappa shape index (κ2) is 5.84. The molecular weight excluding hydrogens is 278 g/mol. The van der Waals surface area contributed by atoms with Gasteiger partial charge >= 0.3 is 0 Å². The smallest absolute Gasteiger partial charge is 0.158 e. The molecule has 1 aliphatic heterocycles. The minimum absolute atomic E-state index is 0.00958. The van der Waals surface area contributed by atoms with E-state index in [2.05, 4.69) is 20.9 Å². The van der Waals surface area contributed by atoms with E-state index in [1.807, 2.05) is 18.2 Å². The van der Waals surface area contributed by atoms with Crippen LogP contribution in [0, 0.1) is 0 Å². The van der Waals surface area contributed by atoms with E-state index in [0.29, 0.717) is 0 Å². The van der Waals surface area contributed by atoms with Crippen LogP contribution < -0.4 is 0 Å². The topological polar surface area (TPSA) is 31.4 Å². The second-order valence-electron chi connectivity index (χ2n) is 3.11. The summed E-state index contributed by atoms with van der Waals surface area (Å²) in [4.78, 5) is 4.34. The van der Waals surface area contributed by atoms with E-state index in [-0.39, 0.29) is 6.29 Å². The molecule has 0 bridgehead atoms. The first-order chi connectivity index (χ1) is 7.34. The summed E-state index contributed by atoms with van der Waals surface area (Å²) < 4.78 is 11.6. The fraction of sp³-hybridized carbons (Fsp3) is 0.500. The lowest BCUT2D eigenvalue weighted by Gasteiger charge is -2.07. The Hall–Kier alpha value is -0.100. The Morgan fingerprint density at radius 2 is 2.20 bits per heavy atom. The predicted octanol–water partition coefficient (Wildman–Crippen LogP) is 2.70. The van der Waals surface area contributed by atoms with E-state index < -0.39 is 0 Å². The van der Waals surface area contributed by atoms with E-state index in [1.165, 1.54) is 0 Å². The molecule has 5 heteroatoms. The Bertz CT molecular complexity index is 318. The molecule has 2 rings (SSSR count). The third-order valence-electron chi connectivity index (χ3n) is 1.98. The second-order valence-corrected chi connectivity index (χ2v) is 5.03. The zero-order chi connectivity index (χ0) is 10.5. The number of hydrogen-bond donors (Lipinski definition) is 0.